The Hall–Kier alpha value is -2.50. The number of pyridine rings is 1. The zero-order valence-corrected chi connectivity index (χ0v) is 12.5. The summed E-state index contributed by atoms with van der Waals surface area (Å²) in [5.74, 6) is 1.12. The molecule has 0 saturated carbocycles. The van der Waals surface area contributed by atoms with Crippen molar-refractivity contribution in [3.63, 3.8) is 0 Å². The second-order valence-corrected chi connectivity index (χ2v) is 5.70. The highest BCUT2D eigenvalue weighted by Crippen LogP contribution is 2.21. The van der Waals surface area contributed by atoms with Crippen LogP contribution in [0.5, 0.6) is 0 Å². The summed E-state index contributed by atoms with van der Waals surface area (Å²) in [4.78, 5) is 13.2. The third-order valence-electron chi connectivity index (χ3n) is 4.03. The first-order valence-corrected chi connectivity index (χ1v) is 7.58. The molecule has 0 unspecified atom stereocenters. The van der Waals surface area contributed by atoms with Crippen molar-refractivity contribution in [3.8, 4) is 11.5 Å². The highest BCUT2D eigenvalue weighted by Gasteiger charge is 2.17. The Morgan fingerprint density at radius 1 is 1.23 bits per heavy atom. The van der Waals surface area contributed by atoms with E-state index in [-0.39, 0.29) is 0 Å². The van der Waals surface area contributed by atoms with Crippen LogP contribution in [0.25, 0.3) is 11.5 Å². The SMILES string of the molecule is Cc1ccnc(-c2noc(Cn3cnc4c3CCCC4)n2)c1. The fourth-order valence-electron chi connectivity index (χ4n) is 2.89. The van der Waals surface area contributed by atoms with Gasteiger partial charge in [0.25, 0.3) is 0 Å². The van der Waals surface area contributed by atoms with Crippen LogP contribution in [0.1, 0.15) is 35.7 Å². The minimum atomic E-state index is 0.535. The van der Waals surface area contributed by atoms with Gasteiger partial charge in [0.15, 0.2) is 0 Å². The predicted molar refractivity (Wildman–Crippen MR) is 80.2 cm³/mol. The number of hydrogen-bond donors (Lipinski definition) is 0. The van der Waals surface area contributed by atoms with Gasteiger partial charge < -0.3 is 9.09 Å². The third-order valence-corrected chi connectivity index (χ3v) is 4.03. The van der Waals surface area contributed by atoms with E-state index in [1.807, 2.05) is 25.4 Å². The zero-order valence-electron chi connectivity index (χ0n) is 12.5. The van der Waals surface area contributed by atoms with Crippen LogP contribution in [0.4, 0.5) is 0 Å². The van der Waals surface area contributed by atoms with Crippen LogP contribution in [-0.2, 0) is 19.4 Å². The lowest BCUT2D eigenvalue weighted by Gasteiger charge is -2.12. The van der Waals surface area contributed by atoms with Crippen molar-refractivity contribution in [1.82, 2.24) is 24.7 Å². The van der Waals surface area contributed by atoms with Crippen LogP contribution in [0, 0.1) is 6.92 Å². The average Bonchev–Trinajstić information content (AvgIpc) is 3.16. The summed E-state index contributed by atoms with van der Waals surface area (Å²) in [6.45, 7) is 2.59. The zero-order chi connectivity index (χ0) is 14.9. The summed E-state index contributed by atoms with van der Waals surface area (Å²) >= 11 is 0. The molecule has 6 heteroatoms. The minimum absolute atomic E-state index is 0.535. The summed E-state index contributed by atoms with van der Waals surface area (Å²) in [5, 5.41) is 4.04. The molecule has 3 aromatic rings. The molecule has 1 aliphatic rings. The standard InChI is InChI=1S/C16H17N5O/c1-11-6-7-17-13(8-11)16-19-15(22-20-16)9-21-10-18-12-4-2-3-5-14(12)21/h6-8,10H,2-5,9H2,1H3. The van der Waals surface area contributed by atoms with E-state index >= 15 is 0 Å². The number of aromatic nitrogens is 5. The normalized spacial score (nSPS) is 14.0. The molecule has 0 radical (unpaired) electrons. The van der Waals surface area contributed by atoms with Gasteiger partial charge >= 0.3 is 0 Å². The molecule has 0 aromatic carbocycles. The van der Waals surface area contributed by atoms with E-state index in [2.05, 4.69) is 24.7 Å². The van der Waals surface area contributed by atoms with Gasteiger partial charge in [-0.1, -0.05) is 5.16 Å². The molecule has 0 spiro atoms. The van der Waals surface area contributed by atoms with Gasteiger partial charge in [-0.15, -0.1) is 0 Å². The van der Waals surface area contributed by atoms with Gasteiger partial charge in [-0.2, -0.15) is 4.98 Å². The van der Waals surface area contributed by atoms with Crippen molar-refractivity contribution in [2.24, 2.45) is 0 Å². The lowest BCUT2D eigenvalue weighted by Crippen LogP contribution is -2.09. The Morgan fingerprint density at radius 2 is 2.14 bits per heavy atom. The average molecular weight is 295 g/mol. The van der Waals surface area contributed by atoms with Crippen LogP contribution < -0.4 is 0 Å². The Kier molecular flexibility index (Phi) is 3.21. The molecule has 0 saturated heterocycles. The van der Waals surface area contributed by atoms with E-state index in [9.17, 15) is 0 Å². The van der Waals surface area contributed by atoms with Crippen molar-refractivity contribution in [3.05, 3.63) is 47.5 Å². The number of fused-ring (bicyclic) bond motifs is 1. The Morgan fingerprint density at radius 3 is 3.05 bits per heavy atom. The monoisotopic (exact) mass is 295 g/mol. The maximum atomic E-state index is 5.37. The molecule has 0 amide bonds. The highest BCUT2D eigenvalue weighted by atomic mass is 16.5. The van der Waals surface area contributed by atoms with Gasteiger partial charge in [-0.05, 0) is 50.3 Å². The molecule has 0 N–H and O–H groups in total. The van der Waals surface area contributed by atoms with E-state index in [4.69, 9.17) is 4.52 Å². The topological polar surface area (TPSA) is 69.6 Å². The fraction of sp³-hybridized carbons (Fsp3) is 0.375. The van der Waals surface area contributed by atoms with E-state index < -0.39 is 0 Å². The van der Waals surface area contributed by atoms with Gasteiger partial charge in [0.1, 0.15) is 12.2 Å². The fourth-order valence-corrected chi connectivity index (χ4v) is 2.89. The number of rotatable bonds is 3. The van der Waals surface area contributed by atoms with E-state index in [0.29, 0.717) is 18.3 Å². The van der Waals surface area contributed by atoms with Crippen LogP contribution in [0.2, 0.25) is 0 Å². The first kappa shape index (κ1) is 13.2. The lowest BCUT2D eigenvalue weighted by molar-refractivity contribution is 0.369. The summed E-state index contributed by atoms with van der Waals surface area (Å²) in [6, 6.07) is 3.90. The Balaban J connectivity index is 1.59. The molecular weight excluding hydrogens is 278 g/mol. The van der Waals surface area contributed by atoms with Gasteiger partial charge in [0.2, 0.25) is 11.7 Å². The van der Waals surface area contributed by atoms with E-state index in [0.717, 1.165) is 24.1 Å². The van der Waals surface area contributed by atoms with Gasteiger partial charge in [0.05, 0.1) is 12.0 Å². The molecule has 6 nitrogen and oxygen atoms in total. The first-order chi connectivity index (χ1) is 10.8. The number of imidazole rings is 1. The molecule has 0 atom stereocenters. The van der Waals surface area contributed by atoms with Crippen molar-refractivity contribution in [1.29, 1.82) is 0 Å². The molecule has 0 fully saturated rings. The second-order valence-electron chi connectivity index (χ2n) is 5.70. The minimum Gasteiger partial charge on any atom is -0.337 e. The summed E-state index contributed by atoms with van der Waals surface area (Å²) in [5.41, 5.74) is 4.38. The van der Waals surface area contributed by atoms with Crippen molar-refractivity contribution in [2.45, 2.75) is 39.2 Å². The lowest BCUT2D eigenvalue weighted by atomic mass is 10.0. The molecule has 22 heavy (non-hydrogen) atoms. The van der Waals surface area contributed by atoms with Crippen molar-refractivity contribution < 1.29 is 4.52 Å². The molecule has 0 bridgehead atoms. The summed E-state index contributed by atoms with van der Waals surface area (Å²) < 4.78 is 7.49. The van der Waals surface area contributed by atoms with Crippen LogP contribution in [-0.4, -0.2) is 24.7 Å². The second kappa shape index (κ2) is 5.36. The van der Waals surface area contributed by atoms with E-state index in [1.54, 1.807) is 6.20 Å². The largest absolute Gasteiger partial charge is 0.337 e. The molecule has 4 rings (SSSR count). The quantitative estimate of drug-likeness (QED) is 0.742. The highest BCUT2D eigenvalue weighted by molar-refractivity contribution is 5.48. The van der Waals surface area contributed by atoms with Crippen molar-refractivity contribution >= 4 is 0 Å². The van der Waals surface area contributed by atoms with Gasteiger partial charge in [0, 0.05) is 11.9 Å². The maximum absolute atomic E-state index is 5.37. The third kappa shape index (κ3) is 2.41. The predicted octanol–water partition coefficient (Wildman–Crippen LogP) is 2.56. The first-order valence-electron chi connectivity index (χ1n) is 7.58. The van der Waals surface area contributed by atoms with Gasteiger partial charge in [-0.25, -0.2) is 4.98 Å². The smallest absolute Gasteiger partial charge is 0.246 e. The molecular formula is C16H17N5O. The van der Waals surface area contributed by atoms with Crippen LogP contribution in [0.3, 0.4) is 0 Å². The van der Waals surface area contributed by atoms with Crippen molar-refractivity contribution in [2.75, 3.05) is 0 Å². The number of aryl methyl sites for hydroxylation is 2. The molecule has 0 aliphatic heterocycles. The van der Waals surface area contributed by atoms with E-state index in [1.165, 1.54) is 24.2 Å². The van der Waals surface area contributed by atoms with Gasteiger partial charge in [-0.3, -0.25) is 4.98 Å². The maximum Gasteiger partial charge on any atom is 0.246 e. The summed E-state index contributed by atoms with van der Waals surface area (Å²) in [7, 11) is 0. The molecule has 3 aromatic heterocycles. The molecule has 112 valence electrons. The molecule has 1 aliphatic carbocycles. The summed E-state index contributed by atoms with van der Waals surface area (Å²) in [6.07, 6.45) is 8.24. The Bertz CT molecular complexity index is 804. The number of nitrogens with zero attached hydrogens (tertiary/aromatic N) is 5. The number of hydrogen-bond acceptors (Lipinski definition) is 5. The molecule has 3 heterocycles. The Labute approximate surface area is 128 Å². The van der Waals surface area contributed by atoms with Crippen LogP contribution in [0.15, 0.2) is 29.2 Å². The van der Waals surface area contributed by atoms with Crippen LogP contribution >= 0.6 is 0 Å².